The van der Waals surface area contributed by atoms with Crippen LogP contribution in [-0.2, 0) is 0 Å². The van der Waals surface area contributed by atoms with Crippen LogP contribution in [0.1, 0.15) is 25.7 Å². The maximum atomic E-state index is 8.80. The van der Waals surface area contributed by atoms with E-state index in [1.165, 1.54) is 0 Å². The van der Waals surface area contributed by atoms with E-state index < -0.39 is 0 Å². The summed E-state index contributed by atoms with van der Waals surface area (Å²) in [4.78, 5) is 0. The molecule has 2 heteroatoms. The average Bonchev–Trinajstić information content (AvgIpc) is 2.05. The summed E-state index contributed by atoms with van der Waals surface area (Å²) >= 11 is 0. The van der Waals surface area contributed by atoms with Crippen molar-refractivity contribution in [1.82, 2.24) is 5.73 Å². The van der Waals surface area contributed by atoms with Gasteiger partial charge in [0, 0.05) is 13.2 Å². The lowest BCUT2D eigenvalue weighted by molar-refractivity contribution is 0.169. The molecule has 0 aliphatic heterocycles. The summed E-state index contributed by atoms with van der Waals surface area (Å²) in [6.45, 7) is 0.933. The van der Waals surface area contributed by atoms with E-state index in [9.17, 15) is 0 Å². The van der Waals surface area contributed by atoms with Crippen molar-refractivity contribution in [2.45, 2.75) is 25.7 Å². The first-order valence-corrected chi connectivity index (χ1v) is 4.12. The van der Waals surface area contributed by atoms with Crippen LogP contribution in [0, 0.1) is 11.8 Å². The van der Waals surface area contributed by atoms with E-state index in [2.05, 4.69) is 0 Å². The Morgan fingerprint density at radius 2 is 1.60 bits per heavy atom. The summed E-state index contributed by atoms with van der Waals surface area (Å²) < 4.78 is 0. The molecule has 0 aromatic heterocycles. The molecule has 1 rings (SSSR count). The van der Waals surface area contributed by atoms with Gasteiger partial charge in [-0.05, 0) is 37.5 Å². The molecule has 10 heavy (non-hydrogen) atoms. The molecule has 0 amide bonds. The van der Waals surface area contributed by atoms with Crippen LogP contribution < -0.4 is 5.73 Å². The number of nitrogens with one attached hydrogen (secondary N) is 1. The first kappa shape index (κ1) is 8.02. The highest BCUT2D eigenvalue weighted by Gasteiger charge is 2.18. The fraction of sp³-hybridized carbons (Fsp3) is 1.00. The van der Waals surface area contributed by atoms with Gasteiger partial charge >= 0.3 is 0 Å². The molecule has 1 fully saturated rings. The molecule has 0 heterocycles. The molecule has 2 nitrogen and oxygen atoms in total. The van der Waals surface area contributed by atoms with Gasteiger partial charge in [-0.15, -0.1) is 0 Å². The van der Waals surface area contributed by atoms with E-state index in [1.54, 1.807) is 0 Å². The predicted octanol–water partition coefficient (Wildman–Crippen LogP) is 1.07. The second kappa shape index (κ2) is 3.94. The van der Waals surface area contributed by atoms with Gasteiger partial charge < -0.3 is 5.11 Å². The third kappa shape index (κ3) is 1.96. The third-order valence-corrected chi connectivity index (χ3v) is 2.51. The van der Waals surface area contributed by atoms with Crippen LogP contribution in [0.15, 0.2) is 0 Å². The normalized spacial score (nSPS) is 34.2. The van der Waals surface area contributed by atoms with Crippen LogP contribution in [0.4, 0.5) is 0 Å². The fourth-order valence-electron chi connectivity index (χ4n) is 1.62. The van der Waals surface area contributed by atoms with E-state index >= 15 is 0 Å². The number of aliphatic hydroxyl groups is 1. The van der Waals surface area contributed by atoms with Crippen molar-refractivity contribution in [2.24, 2.45) is 11.8 Å². The van der Waals surface area contributed by atoms with Crippen molar-refractivity contribution in [2.75, 3.05) is 13.2 Å². The molecule has 0 bridgehead atoms. The summed E-state index contributed by atoms with van der Waals surface area (Å²) in [5.41, 5.74) is 7.16. The van der Waals surface area contributed by atoms with Crippen LogP contribution in [0.3, 0.4) is 0 Å². The van der Waals surface area contributed by atoms with Gasteiger partial charge in [-0.3, -0.25) is 5.73 Å². The van der Waals surface area contributed by atoms with Gasteiger partial charge in [0.05, 0.1) is 0 Å². The van der Waals surface area contributed by atoms with Crippen LogP contribution in [0.2, 0.25) is 0 Å². The molecular formula is C8H16NO. The molecule has 0 saturated heterocycles. The van der Waals surface area contributed by atoms with Crippen LogP contribution >= 0.6 is 0 Å². The molecule has 1 saturated carbocycles. The molecular weight excluding hydrogens is 126 g/mol. The van der Waals surface area contributed by atoms with E-state index in [0.29, 0.717) is 25.0 Å². The Morgan fingerprint density at radius 3 is 2.00 bits per heavy atom. The van der Waals surface area contributed by atoms with Crippen LogP contribution in [0.25, 0.3) is 0 Å². The Kier molecular flexibility index (Phi) is 3.16. The lowest BCUT2D eigenvalue weighted by Gasteiger charge is -2.25. The van der Waals surface area contributed by atoms with Crippen molar-refractivity contribution < 1.29 is 5.11 Å². The number of hydrogen-bond acceptors (Lipinski definition) is 1. The zero-order valence-electron chi connectivity index (χ0n) is 6.34. The SMILES string of the molecule is [NH]CC1CCC(CO)CC1. The molecule has 0 spiro atoms. The molecule has 1 aliphatic rings. The Balaban J connectivity index is 2.17. The Morgan fingerprint density at radius 1 is 1.10 bits per heavy atom. The Labute approximate surface area is 62.4 Å². The largest absolute Gasteiger partial charge is 0.396 e. The molecule has 0 atom stereocenters. The maximum Gasteiger partial charge on any atom is 0.0459 e. The minimum Gasteiger partial charge on any atom is -0.396 e. The smallest absolute Gasteiger partial charge is 0.0459 e. The van der Waals surface area contributed by atoms with Gasteiger partial charge in [0.15, 0.2) is 0 Å². The molecule has 1 aliphatic carbocycles. The van der Waals surface area contributed by atoms with E-state index in [4.69, 9.17) is 10.8 Å². The molecule has 0 aromatic rings. The highest BCUT2D eigenvalue weighted by atomic mass is 16.3. The van der Waals surface area contributed by atoms with Crippen molar-refractivity contribution >= 4 is 0 Å². The molecule has 0 aromatic carbocycles. The van der Waals surface area contributed by atoms with E-state index in [0.717, 1.165) is 25.7 Å². The maximum absolute atomic E-state index is 8.80. The minimum absolute atomic E-state index is 0.352. The lowest BCUT2D eigenvalue weighted by atomic mass is 9.82. The van der Waals surface area contributed by atoms with E-state index in [1.807, 2.05) is 0 Å². The number of aliphatic hydroxyl groups excluding tert-OH is 1. The van der Waals surface area contributed by atoms with Gasteiger partial charge in [0.25, 0.3) is 0 Å². The van der Waals surface area contributed by atoms with Crippen molar-refractivity contribution in [1.29, 1.82) is 0 Å². The van der Waals surface area contributed by atoms with Crippen LogP contribution in [-0.4, -0.2) is 18.3 Å². The van der Waals surface area contributed by atoms with Crippen molar-refractivity contribution in [3.05, 3.63) is 0 Å². The molecule has 1 radical (unpaired) electrons. The topological polar surface area (TPSA) is 44.0 Å². The monoisotopic (exact) mass is 142 g/mol. The van der Waals surface area contributed by atoms with Gasteiger partial charge in [0.1, 0.15) is 0 Å². The summed E-state index contributed by atoms with van der Waals surface area (Å²) in [5, 5.41) is 8.80. The quantitative estimate of drug-likeness (QED) is 0.615. The van der Waals surface area contributed by atoms with E-state index in [-0.39, 0.29) is 0 Å². The van der Waals surface area contributed by atoms with Crippen molar-refractivity contribution in [3.8, 4) is 0 Å². The van der Waals surface area contributed by atoms with Gasteiger partial charge in [-0.2, -0.15) is 0 Å². The number of hydrogen-bond donors (Lipinski definition) is 1. The van der Waals surface area contributed by atoms with Crippen molar-refractivity contribution in [3.63, 3.8) is 0 Å². The molecule has 0 unspecified atom stereocenters. The summed E-state index contributed by atoms with van der Waals surface area (Å²) in [6.07, 6.45) is 4.60. The van der Waals surface area contributed by atoms with Crippen LogP contribution in [0.5, 0.6) is 0 Å². The minimum atomic E-state index is 0.352. The first-order valence-electron chi connectivity index (χ1n) is 4.12. The second-order valence-corrected chi connectivity index (χ2v) is 3.27. The summed E-state index contributed by atoms with van der Waals surface area (Å²) in [7, 11) is 0. The highest BCUT2D eigenvalue weighted by Crippen LogP contribution is 2.27. The molecule has 59 valence electrons. The Bertz CT molecular complexity index is 75.3. The highest BCUT2D eigenvalue weighted by molar-refractivity contribution is 4.71. The predicted molar refractivity (Wildman–Crippen MR) is 40.5 cm³/mol. The summed E-state index contributed by atoms with van der Waals surface area (Å²) in [6, 6.07) is 0. The lowest BCUT2D eigenvalue weighted by Crippen LogP contribution is -2.19. The first-order chi connectivity index (χ1) is 4.86. The third-order valence-electron chi connectivity index (χ3n) is 2.51. The fourth-order valence-corrected chi connectivity index (χ4v) is 1.62. The molecule has 2 N–H and O–H groups in total. The zero-order chi connectivity index (χ0) is 7.40. The zero-order valence-corrected chi connectivity index (χ0v) is 6.34. The van der Waals surface area contributed by atoms with Gasteiger partial charge in [-0.1, -0.05) is 0 Å². The second-order valence-electron chi connectivity index (χ2n) is 3.27. The van der Waals surface area contributed by atoms with Gasteiger partial charge in [-0.25, -0.2) is 0 Å². The number of rotatable bonds is 2. The summed E-state index contributed by atoms with van der Waals surface area (Å²) in [5.74, 6) is 1.17. The standard InChI is InChI=1S/C8H16NO/c9-5-7-1-3-8(6-10)4-2-7/h7-10H,1-6H2. The average molecular weight is 142 g/mol. The Hall–Kier alpha value is -0.0800. The van der Waals surface area contributed by atoms with Gasteiger partial charge in [0.2, 0.25) is 0 Å².